The Balaban J connectivity index is 2.26. The zero-order valence-corrected chi connectivity index (χ0v) is 11.3. The summed E-state index contributed by atoms with van der Waals surface area (Å²) in [5.74, 6) is 3.30. The third kappa shape index (κ3) is 2.75. The van der Waals surface area contributed by atoms with Gasteiger partial charge in [-0.15, -0.1) is 5.54 Å². The van der Waals surface area contributed by atoms with Crippen LogP contribution in [0.15, 0.2) is 18.2 Å². The van der Waals surface area contributed by atoms with Crippen LogP contribution in [0.1, 0.15) is 16.7 Å². The molecule has 0 radical (unpaired) electrons. The molecule has 84 valence electrons. The lowest BCUT2D eigenvalue weighted by Gasteiger charge is -2.04. The van der Waals surface area contributed by atoms with Crippen molar-refractivity contribution >= 4 is 8.07 Å². The molecule has 0 saturated heterocycles. The summed E-state index contributed by atoms with van der Waals surface area (Å²) >= 11 is 0. The Morgan fingerprint density at radius 3 is 2.56 bits per heavy atom. The average Bonchev–Trinajstić information content (AvgIpc) is 2.52. The molecule has 1 nitrogen and oxygen atoms in total. The molecule has 0 aliphatic heterocycles. The van der Waals surface area contributed by atoms with Crippen molar-refractivity contribution in [1.82, 2.24) is 0 Å². The zero-order chi connectivity index (χ0) is 11.8. The van der Waals surface area contributed by atoms with Gasteiger partial charge in [-0.1, -0.05) is 31.6 Å². The minimum absolute atomic E-state index is 0.315. The molecule has 0 saturated carbocycles. The molecule has 0 fully saturated rings. The summed E-state index contributed by atoms with van der Waals surface area (Å²) in [5.41, 5.74) is 13.3. The van der Waals surface area contributed by atoms with Crippen LogP contribution in [0, 0.1) is 11.5 Å². The lowest BCUT2D eigenvalue weighted by molar-refractivity contribution is 0.721. The van der Waals surface area contributed by atoms with E-state index in [0.29, 0.717) is 6.04 Å². The highest BCUT2D eigenvalue weighted by molar-refractivity contribution is 6.83. The van der Waals surface area contributed by atoms with Crippen molar-refractivity contribution in [1.29, 1.82) is 0 Å². The summed E-state index contributed by atoms with van der Waals surface area (Å²) in [6, 6.07) is 6.85. The summed E-state index contributed by atoms with van der Waals surface area (Å²) in [5, 5.41) is 0. The lowest BCUT2D eigenvalue weighted by atomic mass is 10.1. The Morgan fingerprint density at radius 2 is 1.88 bits per heavy atom. The van der Waals surface area contributed by atoms with E-state index in [2.05, 4.69) is 49.3 Å². The van der Waals surface area contributed by atoms with Gasteiger partial charge < -0.3 is 5.73 Å². The van der Waals surface area contributed by atoms with Crippen molar-refractivity contribution in [3.05, 3.63) is 34.9 Å². The third-order valence-corrected chi connectivity index (χ3v) is 3.63. The first-order valence-corrected chi connectivity index (χ1v) is 9.34. The average molecular weight is 229 g/mol. The molecule has 1 atom stereocenters. The minimum Gasteiger partial charge on any atom is -0.327 e. The van der Waals surface area contributed by atoms with E-state index in [1.165, 1.54) is 11.1 Å². The van der Waals surface area contributed by atoms with Gasteiger partial charge in [0.2, 0.25) is 0 Å². The summed E-state index contributed by atoms with van der Waals surface area (Å²) in [6.07, 6.45) is 2.04. The monoisotopic (exact) mass is 229 g/mol. The van der Waals surface area contributed by atoms with E-state index >= 15 is 0 Å². The molecule has 1 aliphatic rings. The van der Waals surface area contributed by atoms with Crippen LogP contribution >= 0.6 is 0 Å². The van der Waals surface area contributed by atoms with Crippen molar-refractivity contribution in [2.75, 3.05) is 0 Å². The van der Waals surface area contributed by atoms with E-state index in [9.17, 15) is 0 Å². The van der Waals surface area contributed by atoms with Crippen molar-refractivity contribution in [3.63, 3.8) is 0 Å². The smallest absolute Gasteiger partial charge is 0.129 e. The molecule has 0 bridgehead atoms. The second kappa shape index (κ2) is 4.08. The van der Waals surface area contributed by atoms with Crippen LogP contribution in [0.2, 0.25) is 19.6 Å². The molecule has 2 N–H and O–H groups in total. The molecular formula is C14H19NSi. The highest BCUT2D eigenvalue weighted by Gasteiger charge is 2.17. The second-order valence-corrected chi connectivity index (χ2v) is 10.4. The van der Waals surface area contributed by atoms with Gasteiger partial charge in [-0.2, -0.15) is 0 Å². The Kier molecular flexibility index (Phi) is 2.92. The number of hydrogen-bond acceptors (Lipinski definition) is 1. The van der Waals surface area contributed by atoms with Gasteiger partial charge in [0, 0.05) is 11.6 Å². The fourth-order valence-electron chi connectivity index (χ4n) is 1.99. The molecule has 1 unspecified atom stereocenters. The van der Waals surface area contributed by atoms with Crippen LogP contribution in [0.5, 0.6) is 0 Å². The van der Waals surface area contributed by atoms with Crippen LogP contribution in [-0.2, 0) is 12.8 Å². The van der Waals surface area contributed by atoms with E-state index in [1.807, 2.05) is 0 Å². The van der Waals surface area contributed by atoms with E-state index < -0.39 is 8.07 Å². The molecule has 1 aromatic rings. The van der Waals surface area contributed by atoms with Gasteiger partial charge >= 0.3 is 0 Å². The molecule has 0 aromatic heterocycles. The molecule has 0 spiro atoms. The van der Waals surface area contributed by atoms with Gasteiger partial charge in [0.05, 0.1) is 0 Å². The maximum atomic E-state index is 5.95. The van der Waals surface area contributed by atoms with Gasteiger partial charge in [0.25, 0.3) is 0 Å². The number of fused-ring (bicyclic) bond motifs is 1. The minimum atomic E-state index is -1.26. The van der Waals surface area contributed by atoms with E-state index in [1.54, 1.807) is 0 Å². The zero-order valence-electron chi connectivity index (χ0n) is 10.3. The number of rotatable bonds is 0. The van der Waals surface area contributed by atoms with Crippen LogP contribution < -0.4 is 5.73 Å². The molecule has 0 amide bonds. The van der Waals surface area contributed by atoms with Crippen LogP contribution in [-0.4, -0.2) is 14.1 Å². The molecule has 1 aliphatic carbocycles. The first-order chi connectivity index (χ1) is 7.44. The summed E-state index contributed by atoms with van der Waals surface area (Å²) < 4.78 is 0. The van der Waals surface area contributed by atoms with Gasteiger partial charge in [-0.05, 0) is 36.1 Å². The molecular weight excluding hydrogens is 210 g/mol. The molecule has 2 heteroatoms. The Morgan fingerprint density at radius 1 is 1.19 bits per heavy atom. The Hall–Kier alpha value is -1.04. The summed E-state index contributed by atoms with van der Waals surface area (Å²) in [6.45, 7) is 6.80. The van der Waals surface area contributed by atoms with Gasteiger partial charge in [0.1, 0.15) is 8.07 Å². The number of nitrogens with two attached hydrogens (primary N) is 1. The quantitative estimate of drug-likeness (QED) is 0.536. The topological polar surface area (TPSA) is 26.0 Å². The predicted molar refractivity (Wildman–Crippen MR) is 72.0 cm³/mol. The standard InChI is InChI=1S/C14H19NSi/c1-16(2,3)7-6-11-4-5-12-9-14(15)10-13(12)8-11/h4-5,8,14H,9-10,15H2,1-3H3. The van der Waals surface area contributed by atoms with Crippen molar-refractivity contribution in [2.24, 2.45) is 5.73 Å². The maximum absolute atomic E-state index is 5.95. The van der Waals surface area contributed by atoms with Crippen molar-refractivity contribution < 1.29 is 0 Å². The van der Waals surface area contributed by atoms with Gasteiger partial charge in [-0.3, -0.25) is 0 Å². The van der Waals surface area contributed by atoms with E-state index in [-0.39, 0.29) is 0 Å². The predicted octanol–water partition coefficient (Wildman–Crippen LogP) is 2.34. The maximum Gasteiger partial charge on any atom is 0.129 e. The van der Waals surface area contributed by atoms with Crippen LogP contribution in [0.25, 0.3) is 0 Å². The van der Waals surface area contributed by atoms with Crippen LogP contribution in [0.4, 0.5) is 0 Å². The number of hydrogen-bond donors (Lipinski definition) is 1. The van der Waals surface area contributed by atoms with Gasteiger partial charge in [0.15, 0.2) is 0 Å². The fourth-order valence-corrected chi connectivity index (χ4v) is 2.51. The molecule has 2 rings (SSSR count). The highest BCUT2D eigenvalue weighted by atomic mass is 28.3. The number of benzene rings is 1. The first kappa shape index (κ1) is 11.4. The normalized spacial score (nSPS) is 18.9. The largest absolute Gasteiger partial charge is 0.327 e. The lowest BCUT2D eigenvalue weighted by Crippen LogP contribution is -2.18. The molecule has 0 heterocycles. The molecule has 16 heavy (non-hydrogen) atoms. The van der Waals surface area contributed by atoms with E-state index in [0.717, 1.165) is 18.4 Å². The third-order valence-electron chi connectivity index (χ3n) is 2.75. The second-order valence-electron chi connectivity index (χ2n) is 5.65. The Bertz CT molecular complexity index is 460. The van der Waals surface area contributed by atoms with Crippen molar-refractivity contribution in [2.45, 2.75) is 38.5 Å². The van der Waals surface area contributed by atoms with Gasteiger partial charge in [-0.25, -0.2) is 0 Å². The van der Waals surface area contributed by atoms with Crippen molar-refractivity contribution in [3.8, 4) is 11.5 Å². The SMILES string of the molecule is C[Si](C)(C)C#Cc1ccc2c(c1)CC(N)C2. The summed E-state index contributed by atoms with van der Waals surface area (Å²) in [7, 11) is -1.26. The van der Waals surface area contributed by atoms with E-state index in [4.69, 9.17) is 5.73 Å². The Labute approximate surface area is 99.1 Å². The fraction of sp³-hybridized carbons (Fsp3) is 0.429. The summed E-state index contributed by atoms with van der Waals surface area (Å²) in [4.78, 5) is 0. The van der Waals surface area contributed by atoms with Crippen LogP contribution in [0.3, 0.4) is 0 Å². The molecule has 1 aromatic carbocycles. The highest BCUT2D eigenvalue weighted by Crippen LogP contribution is 2.22. The first-order valence-electron chi connectivity index (χ1n) is 5.84.